The minimum absolute atomic E-state index is 0.0382. The van der Waals surface area contributed by atoms with Gasteiger partial charge >= 0.3 is 6.03 Å². The molecule has 0 unspecified atom stereocenters. The molecule has 1 aromatic carbocycles. The number of benzene rings is 1. The lowest BCUT2D eigenvalue weighted by Gasteiger charge is -2.11. The van der Waals surface area contributed by atoms with Crippen LogP contribution in [0, 0.1) is 0 Å². The van der Waals surface area contributed by atoms with Crippen molar-refractivity contribution in [2.24, 2.45) is 5.73 Å². The molecule has 0 radical (unpaired) electrons. The molecule has 2 amide bonds. The highest BCUT2D eigenvalue weighted by molar-refractivity contribution is 7.82. The Labute approximate surface area is 142 Å². The molecule has 0 atom stereocenters. The molecule has 0 aliphatic carbocycles. The van der Waals surface area contributed by atoms with Crippen molar-refractivity contribution >= 4 is 35.8 Å². The highest BCUT2D eigenvalue weighted by Crippen LogP contribution is 2.31. The molecule has 0 saturated carbocycles. The number of nitrogens with zero attached hydrogens (tertiary/aromatic N) is 4. The number of carbonyl (C=O) groups is 1. The van der Waals surface area contributed by atoms with Crippen LogP contribution in [0.5, 0.6) is 11.5 Å². The number of hydrogen-bond donors (Lipinski definition) is 3. The van der Waals surface area contributed by atoms with Gasteiger partial charge < -0.3 is 15.6 Å². The van der Waals surface area contributed by atoms with Crippen molar-refractivity contribution < 1.29 is 14.6 Å². The quantitative estimate of drug-likeness (QED) is 0.628. The Morgan fingerprint density at radius 1 is 1.29 bits per heavy atom. The van der Waals surface area contributed by atoms with Gasteiger partial charge in [0.1, 0.15) is 5.52 Å². The summed E-state index contributed by atoms with van der Waals surface area (Å²) in [5.74, 6) is 0.548. The number of urea groups is 1. The minimum Gasteiger partial charge on any atom is -0.504 e. The first-order valence-corrected chi connectivity index (χ1v) is 7.19. The van der Waals surface area contributed by atoms with Crippen molar-refractivity contribution in [2.45, 2.75) is 0 Å². The summed E-state index contributed by atoms with van der Waals surface area (Å²) in [6, 6.07) is 7.64. The van der Waals surface area contributed by atoms with Crippen LogP contribution in [0.1, 0.15) is 0 Å². The first-order chi connectivity index (χ1) is 11.5. The van der Waals surface area contributed by atoms with Crippen molar-refractivity contribution in [1.82, 2.24) is 15.0 Å². The highest BCUT2D eigenvalue weighted by Gasteiger charge is 2.12. The molecule has 0 aliphatic heterocycles. The van der Waals surface area contributed by atoms with Crippen LogP contribution in [-0.4, -0.2) is 33.2 Å². The predicted octanol–water partition coefficient (Wildman–Crippen LogP) is 2.14. The fraction of sp³-hybridized carbons (Fsp3) is 0.0667. The van der Waals surface area contributed by atoms with Crippen LogP contribution in [0.25, 0.3) is 22.4 Å². The predicted molar refractivity (Wildman–Crippen MR) is 92.0 cm³/mol. The molecule has 2 heterocycles. The van der Waals surface area contributed by atoms with Crippen LogP contribution in [-0.2, 0) is 0 Å². The number of aromatic nitrogens is 3. The summed E-state index contributed by atoms with van der Waals surface area (Å²) in [4.78, 5) is 24.0. The monoisotopic (exact) mass is 343 g/mol. The number of nitrogens with two attached hydrogens (primary N) is 1. The Balaban J connectivity index is 2.08. The van der Waals surface area contributed by atoms with Gasteiger partial charge in [-0.3, -0.25) is 0 Å². The zero-order chi connectivity index (χ0) is 17.3. The minimum atomic E-state index is -0.772. The van der Waals surface area contributed by atoms with Gasteiger partial charge in [0.2, 0.25) is 0 Å². The van der Waals surface area contributed by atoms with Gasteiger partial charge in [-0.15, -0.1) is 0 Å². The van der Waals surface area contributed by atoms with Crippen LogP contribution in [0.4, 0.5) is 10.6 Å². The van der Waals surface area contributed by atoms with E-state index in [1.807, 2.05) is 0 Å². The Hall–Kier alpha value is -3.07. The van der Waals surface area contributed by atoms with Gasteiger partial charge in [0.25, 0.3) is 0 Å². The SMILES string of the molecule is COc1cc(-c2ccc3ncc(N(S)C(N)=O)nc3n2)ccc1O. The fourth-order valence-electron chi connectivity index (χ4n) is 2.10. The van der Waals surface area contributed by atoms with E-state index in [0.717, 1.165) is 9.87 Å². The first-order valence-electron chi connectivity index (χ1n) is 6.79. The Kier molecular flexibility index (Phi) is 4.09. The highest BCUT2D eigenvalue weighted by atomic mass is 32.1. The van der Waals surface area contributed by atoms with E-state index in [-0.39, 0.29) is 11.6 Å². The van der Waals surface area contributed by atoms with Crippen molar-refractivity contribution in [2.75, 3.05) is 11.4 Å². The molecule has 24 heavy (non-hydrogen) atoms. The van der Waals surface area contributed by atoms with E-state index in [1.165, 1.54) is 19.4 Å². The lowest BCUT2D eigenvalue weighted by molar-refractivity contribution is 0.257. The summed E-state index contributed by atoms with van der Waals surface area (Å²) in [7, 11) is 1.47. The number of hydrogen-bond acceptors (Lipinski definition) is 7. The first kappa shape index (κ1) is 15.8. The summed E-state index contributed by atoms with van der Waals surface area (Å²) < 4.78 is 5.98. The number of phenolic OH excluding ortho intramolecular Hbond substituents is 1. The number of rotatable bonds is 3. The van der Waals surface area contributed by atoms with Gasteiger partial charge in [0.05, 0.1) is 19.0 Å². The molecule has 3 aromatic rings. The maximum absolute atomic E-state index is 11.2. The molecule has 122 valence electrons. The number of primary amides is 1. The lowest BCUT2D eigenvalue weighted by atomic mass is 10.1. The number of methoxy groups -OCH3 is 1. The molecule has 3 N–H and O–H groups in total. The number of ether oxygens (including phenoxy) is 1. The third kappa shape index (κ3) is 2.88. The van der Waals surface area contributed by atoms with Crippen LogP contribution in [0.3, 0.4) is 0 Å². The van der Waals surface area contributed by atoms with Crippen molar-refractivity contribution in [3.63, 3.8) is 0 Å². The smallest absolute Gasteiger partial charge is 0.330 e. The number of fused-ring (bicyclic) bond motifs is 1. The summed E-state index contributed by atoms with van der Waals surface area (Å²) >= 11 is 3.96. The number of carbonyl (C=O) groups excluding carboxylic acids is 1. The van der Waals surface area contributed by atoms with Gasteiger partial charge in [-0.05, 0) is 30.3 Å². The van der Waals surface area contributed by atoms with Gasteiger partial charge in [-0.1, -0.05) is 12.8 Å². The van der Waals surface area contributed by atoms with Crippen LogP contribution in [0.2, 0.25) is 0 Å². The van der Waals surface area contributed by atoms with Crippen molar-refractivity contribution in [3.8, 4) is 22.8 Å². The lowest BCUT2D eigenvalue weighted by Crippen LogP contribution is -2.28. The molecule has 8 nitrogen and oxygen atoms in total. The van der Waals surface area contributed by atoms with E-state index in [9.17, 15) is 9.90 Å². The largest absolute Gasteiger partial charge is 0.504 e. The Morgan fingerprint density at radius 3 is 2.79 bits per heavy atom. The summed E-state index contributed by atoms with van der Waals surface area (Å²) in [6.07, 6.45) is 1.38. The maximum Gasteiger partial charge on any atom is 0.330 e. The van der Waals surface area contributed by atoms with E-state index in [2.05, 4.69) is 27.8 Å². The standard InChI is InChI=1S/C15H13N5O3S/c1-23-12-6-8(2-5-11(12)21)9-3-4-10-14(18-9)19-13(7-17-10)20(24)15(16)22/h2-7,21,24H,1H3,(H2,16,22). The second-order valence-electron chi connectivity index (χ2n) is 4.80. The number of amides is 2. The zero-order valence-corrected chi connectivity index (χ0v) is 13.4. The number of pyridine rings is 1. The van der Waals surface area contributed by atoms with Crippen LogP contribution in [0.15, 0.2) is 36.5 Å². The molecule has 3 rings (SSSR count). The molecule has 0 spiro atoms. The average Bonchev–Trinajstić information content (AvgIpc) is 2.60. The zero-order valence-electron chi connectivity index (χ0n) is 12.5. The Morgan fingerprint density at radius 2 is 2.08 bits per heavy atom. The number of aromatic hydroxyl groups is 1. The third-order valence-corrected chi connectivity index (χ3v) is 3.70. The van der Waals surface area contributed by atoms with Crippen LogP contribution < -0.4 is 14.8 Å². The number of phenols is 1. The second kappa shape index (κ2) is 6.20. The van der Waals surface area contributed by atoms with Gasteiger partial charge in [0.15, 0.2) is 23.0 Å². The van der Waals surface area contributed by atoms with E-state index in [1.54, 1.807) is 24.3 Å². The van der Waals surface area contributed by atoms with Gasteiger partial charge in [0, 0.05) is 5.56 Å². The fourth-order valence-corrected chi connectivity index (χ4v) is 2.20. The van der Waals surface area contributed by atoms with Crippen LogP contribution >= 0.6 is 12.8 Å². The second-order valence-corrected chi connectivity index (χ2v) is 5.20. The topological polar surface area (TPSA) is 114 Å². The summed E-state index contributed by atoms with van der Waals surface area (Å²) in [5, 5.41) is 9.68. The van der Waals surface area contributed by atoms with Gasteiger partial charge in [-0.25, -0.2) is 24.1 Å². The summed E-state index contributed by atoms with van der Waals surface area (Å²) in [5.41, 5.74) is 7.39. The van der Waals surface area contributed by atoms with Crippen molar-refractivity contribution in [3.05, 3.63) is 36.5 Å². The van der Waals surface area contributed by atoms with E-state index < -0.39 is 6.03 Å². The molecule has 2 aromatic heterocycles. The van der Waals surface area contributed by atoms with Crippen molar-refractivity contribution in [1.29, 1.82) is 0 Å². The van der Waals surface area contributed by atoms with E-state index >= 15 is 0 Å². The molecular formula is C15H13N5O3S. The molecular weight excluding hydrogens is 330 g/mol. The van der Waals surface area contributed by atoms with Gasteiger partial charge in [-0.2, -0.15) is 0 Å². The molecule has 0 aliphatic rings. The molecule has 0 saturated heterocycles. The molecule has 0 bridgehead atoms. The maximum atomic E-state index is 11.2. The summed E-state index contributed by atoms with van der Waals surface area (Å²) in [6.45, 7) is 0. The molecule has 9 heteroatoms. The normalized spacial score (nSPS) is 10.6. The number of thiol groups is 1. The molecule has 0 fully saturated rings. The van der Waals surface area contributed by atoms with E-state index in [0.29, 0.717) is 22.6 Å². The van der Waals surface area contributed by atoms with E-state index in [4.69, 9.17) is 10.5 Å². The Bertz CT molecular complexity index is 934. The number of anilines is 1. The third-order valence-electron chi connectivity index (χ3n) is 3.30. The average molecular weight is 343 g/mol.